The number of halogens is 1. The van der Waals surface area contributed by atoms with Gasteiger partial charge in [0.05, 0.1) is 21.1 Å². The molecule has 0 aromatic rings. The number of nitrogens with zero attached hydrogens (tertiary/aromatic N) is 1. The van der Waals surface area contributed by atoms with Crippen LogP contribution in [-0.4, -0.2) is 30.6 Å². The standard InChI is InChI=1S/C9H21BrN/c1-5-6-7-8-9(10)11(2,3)4/h9H,5-8H2,1-4H3/q+1. The van der Waals surface area contributed by atoms with Crippen LogP contribution in [0, 0.1) is 0 Å². The number of alkyl halides is 1. The molecule has 0 N–H and O–H groups in total. The molecule has 0 aromatic heterocycles. The largest absolute Gasteiger partial charge is 0.320 e. The summed E-state index contributed by atoms with van der Waals surface area (Å²) in [6.45, 7) is 2.25. The second-order valence-electron chi connectivity index (χ2n) is 4.05. The highest BCUT2D eigenvalue weighted by Gasteiger charge is 2.18. The molecular formula is C9H21BrN+. The Labute approximate surface area is 79.5 Å². The molecule has 2 heteroatoms. The SMILES string of the molecule is CCCCCC(Br)[N+](C)(C)C. The highest BCUT2D eigenvalue weighted by molar-refractivity contribution is 9.09. The van der Waals surface area contributed by atoms with Crippen molar-refractivity contribution < 1.29 is 4.48 Å². The maximum Gasteiger partial charge on any atom is 0.143 e. The Kier molecular flexibility index (Phi) is 5.36. The number of quaternary nitrogens is 1. The highest BCUT2D eigenvalue weighted by atomic mass is 79.9. The van der Waals surface area contributed by atoms with Crippen LogP contribution < -0.4 is 0 Å². The molecule has 0 amide bonds. The predicted molar refractivity (Wildman–Crippen MR) is 54.9 cm³/mol. The molecule has 11 heavy (non-hydrogen) atoms. The van der Waals surface area contributed by atoms with Crippen molar-refractivity contribution in [3.05, 3.63) is 0 Å². The molecule has 0 spiro atoms. The Hall–Kier alpha value is 0.440. The molecule has 0 saturated heterocycles. The van der Waals surface area contributed by atoms with Gasteiger partial charge in [-0.3, -0.25) is 0 Å². The van der Waals surface area contributed by atoms with E-state index < -0.39 is 0 Å². The van der Waals surface area contributed by atoms with Crippen molar-refractivity contribution in [3.8, 4) is 0 Å². The van der Waals surface area contributed by atoms with Crippen LogP contribution in [-0.2, 0) is 0 Å². The van der Waals surface area contributed by atoms with Crippen LogP contribution in [0.4, 0.5) is 0 Å². The molecule has 0 bridgehead atoms. The van der Waals surface area contributed by atoms with Gasteiger partial charge in [-0.05, 0) is 22.4 Å². The zero-order valence-electron chi connectivity index (χ0n) is 8.23. The first-order valence-corrected chi connectivity index (χ1v) is 5.35. The Morgan fingerprint density at radius 2 is 1.73 bits per heavy atom. The lowest BCUT2D eigenvalue weighted by molar-refractivity contribution is -0.879. The van der Waals surface area contributed by atoms with Crippen LogP contribution in [0.5, 0.6) is 0 Å². The third-order valence-corrected chi connectivity index (χ3v) is 3.57. The van der Waals surface area contributed by atoms with E-state index >= 15 is 0 Å². The molecule has 0 aliphatic heterocycles. The summed E-state index contributed by atoms with van der Waals surface area (Å²) >= 11 is 3.70. The van der Waals surface area contributed by atoms with Gasteiger partial charge in [0.25, 0.3) is 0 Å². The summed E-state index contributed by atoms with van der Waals surface area (Å²) < 4.78 is 1.02. The molecule has 68 valence electrons. The average molecular weight is 223 g/mol. The van der Waals surface area contributed by atoms with E-state index in [2.05, 4.69) is 44.0 Å². The fourth-order valence-corrected chi connectivity index (χ4v) is 1.27. The van der Waals surface area contributed by atoms with Gasteiger partial charge in [-0.25, -0.2) is 0 Å². The number of rotatable bonds is 5. The van der Waals surface area contributed by atoms with E-state index in [0.717, 1.165) is 4.48 Å². The lowest BCUT2D eigenvalue weighted by Crippen LogP contribution is -2.41. The smallest absolute Gasteiger partial charge is 0.143 e. The summed E-state index contributed by atoms with van der Waals surface area (Å²) in [5.41, 5.74) is 0. The van der Waals surface area contributed by atoms with Gasteiger partial charge in [-0.15, -0.1) is 0 Å². The third-order valence-electron chi connectivity index (χ3n) is 1.89. The van der Waals surface area contributed by atoms with E-state index in [4.69, 9.17) is 0 Å². The Bertz CT molecular complexity index is 96.2. The second kappa shape index (κ2) is 5.15. The maximum absolute atomic E-state index is 3.70. The van der Waals surface area contributed by atoms with Gasteiger partial charge < -0.3 is 4.48 Å². The lowest BCUT2D eigenvalue weighted by atomic mass is 10.2. The van der Waals surface area contributed by atoms with E-state index in [9.17, 15) is 0 Å². The van der Waals surface area contributed by atoms with Gasteiger partial charge in [-0.2, -0.15) is 0 Å². The van der Waals surface area contributed by atoms with Crippen molar-refractivity contribution in [2.24, 2.45) is 0 Å². The monoisotopic (exact) mass is 222 g/mol. The molecule has 0 aliphatic rings. The normalized spacial score (nSPS) is 15.0. The number of hydrogen-bond acceptors (Lipinski definition) is 0. The average Bonchev–Trinajstić information content (AvgIpc) is 1.86. The van der Waals surface area contributed by atoms with Crippen molar-refractivity contribution in [1.82, 2.24) is 0 Å². The van der Waals surface area contributed by atoms with E-state index in [1.54, 1.807) is 0 Å². The van der Waals surface area contributed by atoms with Crippen LogP contribution in [0.3, 0.4) is 0 Å². The topological polar surface area (TPSA) is 0 Å². The van der Waals surface area contributed by atoms with Crippen molar-refractivity contribution in [2.45, 2.75) is 37.6 Å². The van der Waals surface area contributed by atoms with Crippen LogP contribution in [0.2, 0.25) is 0 Å². The summed E-state index contributed by atoms with van der Waals surface area (Å²) in [4.78, 5) is 0.619. The Morgan fingerprint density at radius 3 is 2.09 bits per heavy atom. The van der Waals surface area contributed by atoms with Gasteiger partial charge in [0, 0.05) is 6.42 Å². The van der Waals surface area contributed by atoms with E-state index in [1.807, 2.05) is 0 Å². The van der Waals surface area contributed by atoms with Gasteiger partial charge in [-0.1, -0.05) is 19.8 Å². The van der Waals surface area contributed by atoms with Gasteiger partial charge in [0.1, 0.15) is 4.95 Å². The summed E-state index contributed by atoms with van der Waals surface area (Å²) in [6.07, 6.45) is 5.32. The van der Waals surface area contributed by atoms with Crippen LogP contribution in [0.1, 0.15) is 32.6 Å². The van der Waals surface area contributed by atoms with E-state index in [-0.39, 0.29) is 0 Å². The molecule has 1 atom stereocenters. The zero-order valence-corrected chi connectivity index (χ0v) is 9.82. The fourth-order valence-electron chi connectivity index (χ4n) is 0.950. The Morgan fingerprint density at radius 1 is 1.18 bits per heavy atom. The molecule has 0 aliphatic carbocycles. The quantitative estimate of drug-likeness (QED) is 0.291. The molecule has 0 heterocycles. The zero-order chi connectivity index (χ0) is 8.91. The first-order valence-electron chi connectivity index (χ1n) is 4.43. The fraction of sp³-hybridized carbons (Fsp3) is 1.00. The summed E-state index contributed by atoms with van der Waals surface area (Å²) in [6, 6.07) is 0. The van der Waals surface area contributed by atoms with Crippen molar-refractivity contribution >= 4 is 15.9 Å². The lowest BCUT2D eigenvalue weighted by Gasteiger charge is -2.29. The third kappa shape index (κ3) is 5.68. The molecule has 0 rings (SSSR count). The van der Waals surface area contributed by atoms with Crippen molar-refractivity contribution in [1.29, 1.82) is 0 Å². The van der Waals surface area contributed by atoms with Gasteiger partial charge in [0.2, 0.25) is 0 Å². The molecule has 0 fully saturated rings. The molecule has 1 nitrogen and oxygen atoms in total. The maximum atomic E-state index is 3.70. The molecule has 0 radical (unpaired) electrons. The van der Waals surface area contributed by atoms with Crippen molar-refractivity contribution in [3.63, 3.8) is 0 Å². The summed E-state index contributed by atoms with van der Waals surface area (Å²) in [5.74, 6) is 0. The minimum Gasteiger partial charge on any atom is -0.320 e. The molecule has 0 aromatic carbocycles. The molecule has 0 saturated carbocycles. The first kappa shape index (κ1) is 11.4. The van der Waals surface area contributed by atoms with Gasteiger partial charge in [0.15, 0.2) is 0 Å². The van der Waals surface area contributed by atoms with Crippen LogP contribution >= 0.6 is 15.9 Å². The second-order valence-corrected chi connectivity index (χ2v) is 5.10. The summed E-state index contributed by atoms with van der Waals surface area (Å²) in [7, 11) is 6.68. The van der Waals surface area contributed by atoms with Crippen LogP contribution in [0.25, 0.3) is 0 Å². The van der Waals surface area contributed by atoms with E-state index in [1.165, 1.54) is 25.7 Å². The molecular weight excluding hydrogens is 202 g/mol. The minimum atomic E-state index is 0.619. The number of hydrogen-bond donors (Lipinski definition) is 0. The predicted octanol–water partition coefficient (Wildman–Crippen LogP) is 2.99. The number of unbranched alkanes of at least 4 members (excludes halogenated alkanes) is 2. The Balaban J connectivity index is 3.44. The van der Waals surface area contributed by atoms with Crippen molar-refractivity contribution in [2.75, 3.05) is 21.1 Å². The van der Waals surface area contributed by atoms with Gasteiger partial charge >= 0.3 is 0 Å². The van der Waals surface area contributed by atoms with E-state index in [0.29, 0.717) is 4.95 Å². The van der Waals surface area contributed by atoms with Crippen LogP contribution in [0.15, 0.2) is 0 Å². The molecule has 1 unspecified atom stereocenters. The first-order chi connectivity index (χ1) is 4.98. The minimum absolute atomic E-state index is 0.619. The highest BCUT2D eigenvalue weighted by Crippen LogP contribution is 2.17. The summed E-state index contributed by atoms with van der Waals surface area (Å²) in [5, 5.41) is 0.